The van der Waals surface area contributed by atoms with Crippen molar-refractivity contribution in [3.63, 3.8) is 0 Å². The van der Waals surface area contributed by atoms with Crippen molar-refractivity contribution in [2.75, 3.05) is 6.54 Å². The van der Waals surface area contributed by atoms with Crippen LogP contribution in [0.25, 0.3) is 10.9 Å². The number of carbonyl (C=O) groups is 1. The number of H-pyrrole nitrogens is 1. The molecule has 0 fully saturated rings. The molecule has 0 aliphatic carbocycles. The molecule has 0 radical (unpaired) electrons. The van der Waals surface area contributed by atoms with Crippen LogP contribution in [0, 0.1) is 5.82 Å². The molecule has 5 heteroatoms. The van der Waals surface area contributed by atoms with E-state index in [-0.39, 0.29) is 6.54 Å². The zero-order valence-corrected chi connectivity index (χ0v) is 8.40. The minimum absolute atomic E-state index is 0.0589. The van der Waals surface area contributed by atoms with Crippen LogP contribution in [0.3, 0.4) is 0 Å². The number of hydrogen-bond acceptors (Lipinski definition) is 2. The lowest BCUT2D eigenvalue weighted by Crippen LogP contribution is -2.20. The Morgan fingerprint density at radius 3 is 2.94 bits per heavy atom. The first-order valence-corrected chi connectivity index (χ1v) is 4.83. The van der Waals surface area contributed by atoms with Gasteiger partial charge in [0.1, 0.15) is 5.82 Å². The molecule has 1 unspecified atom stereocenters. The van der Waals surface area contributed by atoms with Crippen LogP contribution in [0.2, 0.25) is 0 Å². The van der Waals surface area contributed by atoms with E-state index in [0.717, 1.165) is 0 Å². The lowest BCUT2D eigenvalue weighted by molar-refractivity contribution is -0.138. The molecule has 2 aromatic rings. The van der Waals surface area contributed by atoms with Gasteiger partial charge in [-0.25, -0.2) is 4.39 Å². The third-order valence-electron chi connectivity index (χ3n) is 2.59. The highest BCUT2D eigenvalue weighted by Crippen LogP contribution is 2.27. The van der Waals surface area contributed by atoms with Gasteiger partial charge >= 0.3 is 5.97 Å². The number of aliphatic carboxylic acids is 1. The zero-order chi connectivity index (χ0) is 11.7. The summed E-state index contributed by atoms with van der Waals surface area (Å²) in [6.45, 7) is -0.0589. The van der Waals surface area contributed by atoms with Gasteiger partial charge in [-0.1, -0.05) is 6.07 Å². The number of carboxylic acid groups (broad SMARTS) is 1. The standard InChI is InChI=1S/C11H11FN2O2/c12-8-2-1-3-9-10(8)7(5-14-9)6(4-13)11(15)16/h1-3,5-6,14H,4,13H2,(H,15,16). The van der Waals surface area contributed by atoms with Crippen molar-refractivity contribution < 1.29 is 14.3 Å². The number of halogens is 1. The molecule has 0 amide bonds. The van der Waals surface area contributed by atoms with Gasteiger partial charge in [0.25, 0.3) is 0 Å². The third-order valence-corrected chi connectivity index (χ3v) is 2.59. The summed E-state index contributed by atoms with van der Waals surface area (Å²) in [6, 6.07) is 4.56. The van der Waals surface area contributed by atoms with Gasteiger partial charge in [0.2, 0.25) is 0 Å². The van der Waals surface area contributed by atoms with Crippen molar-refractivity contribution in [3.05, 3.63) is 35.8 Å². The molecule has 1 heterocycles. The smallest absolute Gasteiger partial charge is 0.312 e. The highest BCUT2D eigenvalue weighted by molar-refractivity contribution is 5.89. The maximum absolute atomic E-state index is 13.6. The fourth-order valence-electron chi connectivity index (χ4n) is 1.80. The van der Waals surface area contributed by atoms with E-state index < -0.39 is 17.7 Å². The quantitative estimate of drug-likeness (QED) is 0.735. The number of rotatable bonds is 3. The van der Waals surface area contributed by atoms with Gasteiger partial charge in [0, 0.05) is 23.6 Å². The first kappa shape index (κ1) is 10.6. The van der Waals surface area contributed by atoms with E-state index in [9.17, 15) is 9.18 Å². The van der Waals surface area contributed by atoms with Crippen LogP contribution in [0.1, 0.15) is 11.5 Å². The van der Waals surface area contributed by atoms with Crippen LogP contribution in [0.15, 0.2) is 24.4 Å². The monoisotopic (exact) mass is 222 g/mol. The largest absolute Gasteiger partial charge is 0.481 e. The molecule has 1 aromatic carbocycles. The number of benzene rings is 1. The summed E-state index contributed by atoms with van der Waals surface area (Å²) < 4.78 is 13.6. The Labute approximate surface area is 90.9 Å². The van der Waals surface area contributed by atoms with Crippen LogP contribution < -0.4 is 5.73 Å². The van der Waals surface area contributed by atoms with Crippen molar-refractivity contribution in [3.8, 4) is 0 Å². The number of aromatic amines is 1. The zero-order valence-electron chi connectivity index (χ0n) is 8.40. The predicted octanol–water partition coefficient (Wildman–Crippen LogP) is 1.43. The summed E-state index contributed by atoms with van der Waals surface area (Å²) in [6.07, 6.45) is 1.50. The highest BCUT2D eigenvalue weighted by Gasteiger charge is 2.22. The van der Waals surface area contributed by atoms with Crippen LogP contribution in [-0.4, -0.2) is 22.6 Å². The molecule has 1 aromatic heterocycles. The molecule has 4 nitrogen and oxygen atoms in total. The van der Waals surface area contributed by atoms with Gasteiger partial charge in [0.05, 0.1) is 5.92 Å². The number of nitrogens with one attached hydrogen (secondary N) is 1. The molecular weight excluding hydrogens is 211 g/mol. The fourth-order valence-corrected chi connectivity index (χ4v) is 1.80. The molecule has 0 aliphatic rings. The highest BCUT2D eigenvalue weighted by atomic mass is 19.1. The molecule has 2 rings (SSSR count). The molecule has 0 saturated carbocycles. The van der Waals surface area contributed by atoms with E-state index in [0.29, 0.717) is 16.5 Å². The summed E-state index contributed by atoms with van der Waals surface area (Å²) in [7, 11) is 0. The van der Waals surface area contributed by atoms with E-state index in [1.54, 1.807) is 12.1 Å². The fraction of sp³-hybridized carbons (Fsp3) is 0.182. The summed E-state index contributed by atoms with van der Waals surface area (Å²) in [5, 5.41) is 9.28. The SMILES string of the molecule is NCC(C(=O)O)c1c[nH]c2cccc(F)c12. The predicted molar refractivity (Wildman–Crippen MR) is 57.7 cm³/mol. The summed E-state index contributed by atoms with van der Waals surface area (Å²) in [5.41, 5.74) is 6.36. The topological polar surface area (TPSA) is 79.1 Å². The number of hydrogen-bond donors (Lipinski definition) is 3. The van der Waals surface area contributed by atoms with Gasteiger partial charge in [-0.15, -0.1) is 0 Å². The average Bonchev–Trinajstić information content (AvgIpc) is 2.64. The average molecular weight is 222 g/mol. The van der Waals surface area contributed by atoms with Gasteiger partial charge in [-0.2, -0.15) is 0 Å². The second kappa shape index (κ2) is 3.94. The number of carboxylic acids is 1. The Balaban J connectivity index is 2.65. The van der Waals surface area contributed by atoms with Crippen molar-refractivity contribution in [2.45, 2.75) is 5.92 Å². The van der Waals surface area contributed by atoms with E-state index >= 15 is 0 Å². The van der Waals surface area contributed by atoms with E-state index in [1.807, 2.05) is 0 Å². The Morgan fingerprint density at radius 1 is 1.56 bits per heavy atom. The Kier molecular flexibility index (Phi) is 2.62. The molecule has 4 N–H and O–H groups in total. The Hall–Kier alpha value is -1.88. The van der Waals surface area contributed by atoms with Crippen molar-refractivity contribution >= 4 is 16.9 Å². The number of aromatic nitrogens is 1. The van der Waals surface area contributed by atoms with Crippen LogP contribution in [0.4, 0.5) is 4.39 Å². The second-order valence-corrected chi connectivity index (χ2v) is 3.53. The summed E-state index contributed by atoms with van der Waals surface area (Å²) in [4.78, 5) is 13.8. The maximum atomic E-state index is 13.6. The normalized spacial score (nSPS) is 12.9. The molecule has 0 spiro atoms. The van der Waals surface area contributed by atoms with Crippen molar-refractivity contribution in [1.29, 1.82) is 0 Å². The third kappa shape index (κ3) is 1.55. The first-order chi connectivity index (χ1) is 7.65. The number of nitrogens with two attached hydrogens (primary N) is 1. The van der Waals surface area contributed by atoms with Crippen molar-refractivity contribution in [2.24, 2.45) is 5.73 Å². The molecule has 0 saturated heterocycles. The lowest BCUT2D eigenvalue weighted by Gasteiger charge is -2.08. The minimum Gasteiger partial charge on any atom is -0.481 e. The number of fused-ring (bicyclic) bond motifs is 1. The molecule has 0 bridgehead atoms. The molecule has 0 aliphatic heterocycles. The van der Waals surface area contributed by atoms with E-state index in [2.05, 4.69) is 4.98 Å². The van der Waals surface area contributed by atoms with Crippen LogP contribution >= 0.6 is 0 Å². The minimum atomic E-state index is -1.05. The van der Waals surface area contributed by atoms with Crippen molar-refractivity contribution in [1.82, 2.24) is 4.98 Å². The van der Waals surface area contributed by atoms with Gasteiger partial charge in [0.15, 0.2) is 0 Å². The molecular formula is C11H11FN2O2. The molecule has 16 heavy (non-hydrogen) atoms. The Bertz CT molecular complexity index is 536. The van der Waals surface area contributed by atoms with Gasteiger partial charge < -0.3 is 15.8 Å². The summed E-state index contributed by atoms with van der Waals surface area (Å²) >= 11 is 0. The van der Waals surface area contributed by atoms with E-state index in [1.165, 1.54) is 12.3 Å². The Morgan fingerprint density at radius 2 is 2.31 bits per heavy atom. The summed E-state index contributed by atoms with van der Waals surface area (Å²) in [5.74, 6) is -2.37. The molecule has 84 valence electrons. The van der Waals surface area contributed by atoms with E-state index in [4.69, 9.17) is 10.8 Å². The van der Waals surface area contributed by atoms with Gasteiger partial charge in [-0.3, -0.25) is 4.79 Å². The van der Waals surface area contributed by atoms with Crippen LogP contribution in [-0.2, 0) is 4.79 Å². The molecule has 1 atom stereocenters. The van der Waals surface area contributed by atoms with Gasteiger partial charge in [-0.05, 0) is 17.7 Å². The lowest BCUT2D eigenvalue weighted by atomic mass is 9.98. The second-order valence-electron chi connectivity index (χ2n) is 3.53. The first-order valence-electron chi connectivity index (χ1n) is 4.83. The maximum Gasteiger partial charge on any atom is 0.312 e. The van der Waals surface area contributed by atoms with Crippen LogP contribution in [0.5, 0.6) is 0 Å².